The highest BCUT2D eigenvalue weighted by molar-refractivity contribution is 5.46. The Morgan fingerprint density at radius 3 is 2.92 bits per heavy atom. The summed E-state index contributed by atoms with van der Waals surface area (Å²) < 4.78 is 7.46. The van der Waals surface area contributed by atoms with Gasteiger partial charge in [0.05, 0.1) is 13.2 Å². The lowest BCUT2D eigenvalue weighted by atomic mass is 9.97. The Kier molecular flexibility index (Phi) is 3.94. The molecule has 5 heteroatoms. The van der Waals surface area contributed by atoms with Crippen molar-refractivity contribution in [2.45, 2.75) is 38.6 Å². The van der Waals surface area contributed by atoms with Crippen LogP contribution in [-0.4, -0.2) is 26.5 Å². The zero-order valence-electron chi connectivity index (χ0n) is 13.8. The summed E-state index contributed by atoms with van der Waals surface area (Å²) in [6.45, 7) is 2.41. The Balaban J connectivity index is 1.64. The smallest absolute Gasteiger partial charge is 0.217 e. The maximum absolute atomic E-state index is 9.33. The molecule has 0 bridgehead atoms. The van der Waals surface area contributed by atoms with Gasteiger partial charge < -0.3 is 9.52 Å². The van der Waals surface area contributed by atoms with E-state index in [1.54, 1.807) is 0 Å². The van der Waals surface area contributed by atoms with Crippen molar-refractivity contribution in [3.05, 3.63) is 59.1 Å². The standard InChI is InChI=1S/C19H21N3O2/c1-13-6-9-17(24-13)19-20-18(22(21-19)10-11-23)12-15-8-7-14-4-2-3-5-16(14)15/h2-6,9,15,23H,7-8,10-12H2,1H3/t15-/m1/s1. The molecule has 0 aliphatic heterocycles. The quantitative estimate of drug-likeness (QED) is 0.783. The molecule has 1 aliphatic carbocycles. The van der Waals surface area contributed by atoms with Gasteiger partial charge in [-0.2, -0.15) is 0 Å². The van der Waals surface area contributed by atoms with Gasteiger partial charge in [-0.25, -0.2) is 9.67 Å². The highest BCUT2D eigenvalue weighted by Crippen LogP contribution is 2.35. The molecule has 1 aromatic carbocycles. The average molecular weight is 323 g/mol. The van der Waals surface area contributed by atoms with Crippen LogP contribution < -0.4 is 0 Å². The molecule has 2 aromatic heterocycles. The van der Waals surface area contributed by atoms with Crippen molar-refractivity contribution in [3.8, 4) is 11.6 Å². The van der Waals surface area contributed by atoms with E-state index in [-0.39, 0.29) is 6.61 Å². The van der Waals surface area contributed by atoms with Gasteiger partial charge in [0.1, 0.15) is 11.6 Å². The molecule has 24 heavy (non-hydrogen) atoms. The average Bonchev–Trinajstić information content (AvgIpc) is 3.28. The van der Waals surface area contributed by atoms with Crippen LogP contribution in [0, 0.1) is 6.92 Å². The number of fused-ring (bicyclic) bond motifs is 1. The topological polar surface area (TPSA) is 64.1 Å². The number of hydrogen-bond donors (Lipinski definition) is 1. The van der Waals surface area contributed by atoms with Gasteiger partial charge in [-0.15, -0.1) is 5.10 Å². The van der Waals surface area contributed by atoms with E-state index in [2.05, 4.69) is 29.4 Å². The molecule has 0 radical (unpaired) electrons. The van der Waals surface area contributed by atoms with E-state index in [0.29, 0.717) is 24.0 Å². The second-order valence-corrected chi connectivity index (χ2v) is 6.35. The molecule has 0 saturated heterocycles. The fraction of sp³-hybridized carbons (Fsp3) is 0.368. The van der Waals surface area contributed by atoms with E-state index in [0.717, 1.165) is 30.8 Å². The van der Waals surface area contributed by atoms with Gasteiger partial charge in [-0.05, 0) is 48.9 Å². The predicted octanol–water partition coefficient (Wildman–Crippen LogP) is 3.11. The lowest BCUT2D eigenvalue weighted by Crippen LogP contribution is -2.11. The van der Waals surface area contributed by atoms with E-state index in [1.807, 2.05) is 23.7 Å². The number of hydrogen-bond acceptors (Lipinski definition) is 4. The first kappa shape index (κ1) is 15.1. The van der Waals surface area contributed by atoms with Crippen molar-refractivity contribution >= 4 is 0 Å². The molecule has 1 N–H and O–H groups in total. The molecule has 0 amide bonds. The van der Waals surface area contributed by atoms with Crippen molar-refractivity contribution in [2.75, 3.05) is 6.61 Å². The number of aryl methyl sites for hydroxylation is 2. The fourth-order valence-corrected chi connectivity index (χ4v) is 3.54. The molecule has 5 nitrogen and oxygen atoms in total. The van der Waals surface area contributed by atoms with E-state index in [9.17, 15) is 5.11 Å². The molecule has 3 aromatic rings. The summed E-state index contributed by atoms with van der Waals surface area (Å²) in [5.41, 5.74) is 2.86. The minimum Gasteiger partial charge on any atom is -0.458 e. The second kappa shape index (κ2) is 6.24. The third kappa shape index (κ3) is 2.76. The first-order valence-electron chi connectivity index (χ1n) is 8.44. The maximum atomic E-state index is 9.33. The Bertz CT molecular complexity index is 850. The van der Waals surface area contributed by atoms with Crippen LogP contribution in [0.25, 0.3) is 11.6 Å². The van der Waals surface area contributed by atoms with Crippen molar-refractivity contribution in [1.82, 2.24) is 14.8 Å². The van der Waals surface area contributed by atoms with Gasteiger partial charge in [0.15, 0.2) is 5.76 Å². The van der Waals surface area contributed by atoms with Crippen LogP contribution in [0.1, 0.15) is 35.1 Å². The van der Waals surface area contributed by atoms with E-state index >= 15 is 0 Å². The van der Waals surface area contributed by atoms with Crippen molar-refractivity contribution in [3.63, 3.8) is 0 Å². The van der Waals surface area contributed by atoms with Gasteiger partial charge >= 0.3 is 0 Å². The molecular weight excluding hydrogens is 302 g/mol. The monoisotopic (exact) mass is 323 g/mol. The van der Waals surface area contributed by atoms with Gasteiger partial charge in [0.2, 0.25) is 5.82 Å². The van der Waals surface area contributed by atoms with Crippen LogP contribution in [0.4, 0.5) is 0 Å². The number of rotatable bonds is 5. The maximum Gasteiger partial charge on any atom is 0.217 e. The zero-order chi connectivity index (χ0) is 16.5. The van der Waals surface area contributed by atoms with E-state index < -0.39 is 0 Å². The highest BCUT2D eigenvalue weighted by atomic mass is 16.3. The van der Waals surface area contributed by atoms with Crippen molar-refractivity contribution < 1.29 is 9.52 Å². The first-order chi connectivity index (χ1) is 11.7. The number of aliphatic hydroxyl groups is 1. The minimum atomic E-state index is 0.0498. The first-order valence-corrected chi connectivity index (χ1v) is 8.44. The van der Waals surface area contributed by atoms with Crippen LogP contribution in [0.2, 0.25) is 0 Å². The zero-order valence-corrected chi connectivity index (χ0v) is 13.8. The van der Waals surface area contributed by atoms with Gasteiger partial charge in [0, 0.05) is 6.42 Å². The lowest BCUT2D eigenvalue weighted by molar-refractivity contribution is 0.266. The van der Waals surface area contributed by atoms with E-state index in [4.69, 9.17) is 9.40 Å². The Morgan fingerprint density at radius 2 is 2.12 bits per heavy atom. The molecule has 1 atom stereocenters. The third-order valence-corrected chi connectivity index (χ3v) is 4.71. The lowest BCUT2D eigenvalue weighted by Gasteiger charge is -2.11. The number of aromatic nitrogens is 3. The Hall–Kier alpha value is -2.40. The van der Waals surface area contributed by atoms with Crippen molar-refractivity contribution in [2.24, 2.45) is 0 Å². The molecule has 1 aliphatic rings. The Morgan fingerprint density at radius 1 is 1.25 bits per heavy atom. The molecule has 0 saturated carbocycles. The van der Waals surface area contributed by atoms with Gasteiger partial charge in [-0.3, -0.25) is 0 Å². The molecule has 2 heterocycles. The van der Waals surface area contributed by atoms with Crippen LogP contribution in [0.5, 0.6) is 0 Å². The normalized spacial score (nSPS) is 16.5. The molecule has 124 valence electrons. The predicted molar refractivity (Wildman–Crippen MR) is 90.8 cm³/mol. The number of aliphatic hydroxyl groups excluding tert-OH is 1. The summed E-state index contributed by atoms with van der Waals surface area (Å²) in [7, 11) is 0. The molecule has 0 spiro atoms. The largest absolute Gasteiger partial charge is 0.458 e. The summed E-state index contributed by atoms with van der Waals surface area (Å²) in [5, 5.41) is 13.9. The third-order valence-electron chi connectivity index (χ3n) is 4.71. The highest BCUT2D eigenvalue weighted by Gasteiger charge is 2.25. The van der Waals surface area contributed by atoms with Gasteiger partial charge in [-0.1, -0.05) is 24.3 Å². The number of benzene rings is 1. The van der Waals surface area contributed by atoms with Crippen LogP contribution in [-0.2, 0) is 19.4 Å². The van der Waals surface area contributed by atoms with Crippen LogP contribution in [0.3, 0.4) is 0 Å². The molecular formula is C19H21N3O2. The summed E-state index contributed by atoms with van der Waals surface area (Å²) >= 11 is 0. The number of nitrogens with zero attached hydrogens (tertiary/aromatic N) is 3. The fourth-order valence-electron chi connectivity index (χ4n) is 3.54. The van der Waals surface area contributed by atoms with Crippen molar-refractivity contribution in [1.29, 1.82) is 0 Å². The summed E-state index contributed by atoms with van der Waals surface area (Å²) in [4.78, 5) is 4.70. The summed E-state index contributed by atoms with van der Waals surface area (Å²) in [6, 6.07) is 12.4. The second-order valence-electron chi connectivity index (χ2n) is 6.35. The minimum absolute atomic E-state index is 0.0498. The number of furan rings is 1. The summed E-state index contributed by atoms with van der Waals surface area (Å²) in [6.07, 6.45) is 3.10. The SMILES string of the molecule is Cc1ccc(-c2nc(C[C@H]3CCc4ccccc43)n(CCO)n2)o1. The van der Waals surface area contributed by atoms with Gasteiger partial charge in [0.25, 0.3) is 0 Å². The Labute approximate surface area is 141 Å². The van der Waals surface area contributed by atoms with Crippen LogP contribution >= 0.6 is 0 Å². The van der Waals surface area contributed by atoms with E-state index in [1.165, 1.54) is 11.1 Å². The van der Waals surface area contributed by atoms with Crippen LogP contribution in [0.15, 0.2) is 40.8 Å². The molecule has 0 unspecified atom stereocenters. The summed E-state index contributed by atoms with van der Waals surface area (Å²) in [5.74, 6) is 3.49. The molecule has 4 rings (SSSR count). The molecule has 0 fully saturated rings.